The molecule has 0 saturated carbocycles. The van der Waals surface area contributed by atoms with Crippen molar-refractivity contribution < 1.29 is 9.18 Å². The topological polar surface area (TPSA) is 67.5 Å². The SMILES string of the molecule is C=C/C(C)=C(F)\C(C(=O)NCc1cccc(C2(C)CCSC(N)=N2)c1)=C(/C)Cl.CC. The summed E-state index contributed by atoms with van der Waals surface area (Å²) in [5.74, 6) is -0.338. The van der Waals surface area contributed by atoms with Gasteiger partial charge in [-0.25, -0.2) is 4.39 Å². The van der Waals surface area contributed by atoms with Crippen LogP contribution >= 0.6 is 23.4 Å². The monoisotopic (exact) mass is 451 g/mol. The van der Waals surface area contributed by atoms with E-state index in [-0.39, 0.29) is 28.3 Å². The molecule has 1 heterocycles. The van der Waals surface area contributed by atoms with Gasteiger partial charge in [-0.1, -0.05) is 74.1 Å². The Kier molecular flexibility index (Phi) is 10.4. The minimum Gasteiger partial charge on any atom is -0.379 e. The summed E-state index contributed by atoms with van der Waals surface area (Å²) >= 11 is 7.51. The van der Waals surface area contributed by atoms with Crippen LogP contribution in [0.4, 0.5) is 4.39 Å². The maximum absolute atomic E-state index is 14.5. The molecule has 1 aliphatic heterocycles. The number of hydrogen-bond acceptors (Lipinski definition) is 4. The normalized spacial score (nSPS) is 20.0. The summed E-state index contributed by atoms with van der Waals surface area (Å²) in [5.41, 5.74) is 7.51. The van der Waals surface area contributed by atoms with Crippen LogP contribution in [0.15, 0.2) is 63.9 Å². The molecule has 0 spiro atoms. The summed E-state index contributed by atoms with van der Waals surface area (Å²) < 4.78 is 14.5. The number of carbonyl (C=O) groups excluding carboxylic acids is 1. The van der Waals surface area contributed by atoms with E-state index < -0.39 is 11.7 Å². The van der Waals surface area contributed by atoms with Crippen LogP contribution in [0, 0.1) is 0 Å². The fraction of sp³-hybridized carbons (Fsp3) is 0.391. The minimum absolute atomic E-state index is 0.0852. The van der Waals surface area contributed by atoms with Gasteiger partial charge < -0.3 is 11.1 Å². The maximum Gasteiger partial charge on any atom is 0.255 e. The molecule has 0 aliphatic carbocycles. The van der Waals surface area contributed by atoms with Gasteiger partial charge in [-0.15, -0.1) is 0 Å². The third-order valence-corrected chi connectivity index (χ3v) is 5.63. The molecule has 1 unspecified atom stereocenters. The number of amides is 1. The predicted molar refractivity (Wildman–Crippen MR) is 128 cm³/mol. The van der Waals surface area contributed by atoms with Crippen LogP contribution in [0.25, 0.3) is 0 Å². The molecule has 7 heteroatoms. The van der Waals surface area contributed by atoms with Crippen LogP contribution < -0.4 is 11.1 Å². The van der Waals surface area contributed by atoms with Crippen LogP contribution in [0.1, 0.15) is 52.2 Å². The van der Waals surface area contributed by atoms with Crippen molar-refractivity contribution >= 4 is 34.4 Å². The molecule has 164 valence electrons. The van der Waals surface area contributed by atoms with E-state index in [4.69, 9.17) is 17.3 Å². The highest BCUT2D eigenvalue weighted by Gasteiger charge is 2.29. The summed E-state index contributed by atoms with van der Waals surface area (Å²) in [6.45, 7) is 12.8. The molecule has 3 N–H and O–H groups in total. The fourth-order valence-corrected chi connectivity index (χ4v) is 4.02. The number of nitrogens with two attached hydrogens (primary N) is 1. The highest BCUT2D eigenvalue weighted by molar-refractivity contribution is 8.13. The summed E-state index contributed by atoms with van der Waals surface area (Å²) in [6.07, 6.45) is 2.23. The van der Waals surface area contributed by atoms with E-state index >= 15 is 0 Å². The second-order valence-electron chi connectivity index (χ2n) is 6.82. The van der Waals surface area contributed by atoms with Gasteiger partial charge in [0.25, 0.3) is 5.91 Å². The molecule has 1 amide bonds. The number of hydrogen-bond donors (Lipinski definition) is 2. The average Bonchev–Trinajstić information content (AvgIpc) is 2.73. The van der Waals surface area contributed by atoms with E-state index in [1.54, 1.807) is 11.8 Å². The molecule has 0 fully saturated rings. The smallest absolute Gasteiger partial charge is 0.255 e. The lowest BCUT2D eigenvalue weighted by Gasteiger charge is -2.30. The molecule has 2 rings (SSSR count). The number of allylic oxidation sites excluding steroid dienone is 3. The zero-order valence-corrected chi connectivity index (χ0v) is 19.9. The second-order valence-corrected chi connectivity index (χ2v) is 8.50. The molecule has 1 aromatic rings. The molecule has 1 aliphatic rings. The van der Waals surface area contributed by atoms with Gasteiger partial charge >= 0.3 is 0 Å². The number of nitrogens with zero attached hydrogens (tertiary/aromatic N) is 1. The Hall–Kier alpha value is -2.05. The fourth-order valence-electron chi connectivity index (χ4n) is 2.88. The van der Waals surface area contributed by atoms with Crippen molar-refractivity contribution in [2.75, 3.05) is 5.75 Å². The van der Waals surface area contributed by atoms with Crippen molar-refractivity contribution in [1.29, 1.82) is 0 Å². The van der Waals surface area contributed by atoms with Gasteiger partial charge in [0.15, 0.2) is 5.17 Å². The van der Waals surface area contributed by atoms with Crippen molar-refractivity contribution in [3.63, 3.8) is 0 Å². The Bertz CT molecular complexity index is 875. The summed E-state index contributed by atoms with van der Waals surface area (Å²) in [6, 6.07) is 7.81. The van der Waals surface area contributed by atoms with Crippen molar-refractivity contribution in [3.8, 4) is 0 Å². The number of nitrogens with one attached hydrogen (secondary N) is 1. The van der Waals surface area contributed by atoms with E-state index in [2.05, 4.69) is 16.9 Å². The van der Waals surface area contributed by atoms with Gasteiger partial charge in [-0.2, -0.15) is 0 Å². The van der Waals surface area contributed by atoms with Gasteiger partial charge in [0, 0.05) is 17.3 Å². The number of aliphatic imine (C=N–C) groups is 1. The molecule has 30 heavy (non-hydrogen) atoms. The minimum atomic E-state index is -0.675. The average molecular weight is 452 g/mol. The summed E-state index contributed by atoms with van der Waals surface area (Å²) in [5, 5.41) is 3.41. The molecule has 0 saturated heterocycles. The van der Waals surface area contributed by atoms with Crippen LogP contribution in [-0.4, -0.2) is 16.8 Å². The first kappa shape index (κ1) is 26.0. The molecule has 0 radical (unpaired) electrons. The standard InChI is InChI=1S/C21H25ClFN3OS.C2H6/c1-5-13(2)18(23)17(14(3)22)19(27)25-12-15-7-6-8-16(11-15)21(4)9-10-28-20(24)26-21;1-2/h5-8,11H,1,9-10,12H2,2-4H3,(H2,24,26)(H,25,27);1-2H3/b17-14-,18-13+;. The number of thioether (sulfide) groups is 1. The first-order valence-corrected chi connectivity index (χ1v) is 11.3. The van der Waals surface area contributed by atoms with E-state index in [1.165, 1.54) is 19.9 Å². The Morgan fingerprint density at radius 3 is 2.67 bits per heavy atom. The molecular formula is C23H31ClFN3OS. The highest BCUT2D eigenvalue weighted by Crippen LogP contribution is 2.35. The van der Waals surface area contributed by atoms with Crippen LogP contribution in [0.2, 0.25) is 0 Å². The van der Waals surface area contributed by atoms with Crippen LogP contribution in [0.3, 0.4) is 0 Å². The quantitative estimate of drug-likeness (QED) is 0.415. The molecular weight excluding hydrogens is 421 g/mol. The third-order valence-electron chi connectivity index (χ3n) is 4.64. The number of benzene rings is 1. The summed E-state index contributed by atoms with van der Waals surface area (Å²) in [4.78, 5) is 17.1. The maximum atomic E-state index is 14.5. The van der Waals surface area contributed by atoms with Gasteiger partial charge in [-0.05, 0) is 43.9 Å². The van der Waals surface area contributed by atoms with E-state index in [0.717, 1.165) is 23.3 Å². The van der Waals surface area contributed by atoms with E-state index in [0.29, 0.717) is 5.17 Å². The lowest BCUT2D eigenvalue weighted by atomic mass is 9.89. The Labute approximate surface area is 188 Å². The lowest BCUT2D eigenvalue weighted by molar-refractivity contribution is -0.117. The third kappa shape index (κ3) is 6.74. The number of carbonyl (C=O) groups is 1. The number of halogens is 2. The predicted octanol–water partition coefficient (Wildman–Crippen LogP) is 5.94. The molecule has 1 atom stereocenters. The van der Waals surface area contributed by atoms with Gasteiger partial charge in [0.1, 0.15) is 5.83 Å². The van der Waals surface area contributed by atoms with Gasteiger partial charge in [0.2, 0.25) is 0 Å². The van der Waals surface area contributed by atoms with E-state index in [9.17, 15) is 9.18 Å². The molecule has 4 nitrogen and oxygen atoms in total. The first-order valence-electron chi connectivity index (χ1n) is 9.89. The largest absolute Gasteiger partial charge is 0.379 e. The van der Waals surface area contributed by atoms with Gasteiger partial charge in [0.05, 0.1) is 11.1 Å². The zero-order chi connectivity index (χ0) is 22.9. The number of rotatable bonds is 6. The van der Waals surface area contributed by atoms with Crippen molar-refractivity contribution in [1.82, 2.24) is 5.32 Å². The Balaban J connectivity index is 0.00000218. The zero-order valence-electron chi connectivity index (χ0n) is 18.3. The Morgan fingerprint density at radius 2 is 2.10 bits per heavy atom. The van der Waals surface area contributed by atoms with E-state index in [1.807, 2.05) is 45.0 Å². The van der Waals surface area contributed by atoms with Crippen LogP contribution in [-0.2, 0) is 16.9 Å². The highest BCUT2D eigenvalue weighted by atomic mass is 35.5. The number of amidine groups is 1. The molecule has 0 bridgehead atoms. The van der Waals surface area contributed by atoms with Crippen molar-refractivity contribution in [2.45, 2.75) is 53.1 Å². The van der Waals surface area contributed by atoms with Gasteiger partial charge in [-0.3, -0.25) is 9.79 Å². The second kappa shape index (κ2) is 12.0. The van der Waals surface area contributed by atoms with Crippen LogP contribution in [0.5, 0.6) is 0 Å². The molecule has 0 aromatic heterocycles. The van der Waals surface area contributed by atoms with Crippen molar-refractivity contribution in [2.24, 2.45) is 10.7 Å². The lowest BCUT2D eigenvalue weighted by Crippen LogP contribution is -2.29. The first-order chi connectivity index (χ1) is 14.2. The Morgan fingerprint density at radius 1 is 1.43 bits per heavy atom. The molecule has 1 aromatic carbocycles. The summed E-state index contributed by atoms with van der Waals surface area (Å²) in [7, 11) is 0. The van der Waals surface area contributed by atoms with Crippen molar-refractivity contribution in [3.05, 3.63) is 70.1 Å².